The highest BCUT2D eigenvalue weighted by Gasteiger charge is 2.22. The molecular formula is C18H17N3OS. The van der Waals surface area contributed by atoms with Gasteiger partial charge in [-0.1, -0.05) is 24.2 Å². The molecule has 5 heteroatoms. The monoisotopic (exact) mass is 323 g/mol. The molecule has 1 saturated carbocycles. The molecule has 0 unspecified atom stereocenters. The van der Waals surface area contributed by atoms with E-state index in [0.29, 0.717) is 0 Å². The second-order valence-corrected chi connectivity index (χ2v) is 6.87. The molecule has 0 atom stereocenters. The topological polar surface area (TPSA) is 54.9 Å². The van der Waals surface area contributed by atoms with Crippen molar-refractivity contribution in [2.24, 2.45) is 5.92 Å². The van der Waals surface area contributed by atoms with E-state index < -0.39 is 0 Å². The molecule has 1 N–H and O–H groups in total. The summed E-state index contributed by atoms with van der Waals surface area (Å²) < 4.78 is 0. The van der Waals surface area contributed by atoms with Gasteiger partial charge in [-0.15, -0.1) is 0 Å². The van der Waals surface area contributed by atoms with Crippen molar-refractivity contribution in [2.75, 3.05) is 5.32 Å². The summed E-state index contributed by atoms with van der Waals surface area (Å²) in [4.78, 5) is 22.0. The van der Waals surface area contributed by atoms with E-state index in [-0.39, 0.29) is 11.8 Å². The summed E-state index contributed by atoms with van der Waals surface area (Å²) in [6.07, 6.45) is 6.16. The van der Waals surface area contributed by atoms with Gasteiger partial charge in [0.05, 0.1) is 0 Å². The Hall–Kier alpha value is -2.27. The van der Waals surface area contributed by atoms with Crippen molar-refractivity contribution >= 4 is 33.3 Å². The normalized spacial score (nSPS) is 15.1. The summed E-state index contributed by atoms with van der Waals surface area (Å²) in [5.74, 6) is 0.337. The van der Waals surface area contributed by atoms with Crippen LogP contribution in [-0.2, 0) is 4.79 Å². The van der Waals surface area contributed by atoms with Crippen LogP contribution >= 0.6 is 11.3 Å². The van der Waals surface area contributed by atoms with Crippen molar-refractivity contribution in [3.63, 3.8) is 0 Å². The molecule has 116 valence electrons. The number of anilines is 1. The fraction of sp³-hybridized carbons (Fsp3) is 0.278. The van der Waals surface area contributed by atoms with Crippen molar-refractivity contribution in [3.05, 3.63) is 42.6 Å². The Morgan fingerprint density at radius 2 is 1.91 bits per heavy atom. The lowest BCUT2D eigenvalue weighted by molar-refractivity contribution is -0.119. The lowest BCUT2D eigenvalue weighted by atomic mass is 10.1. The van der Waals surface area contributed by atoms with E-state index in [2.05, 4.69) is 15.3 Å². The number of amides is 1. The van der Waals surface area contributed by atoms with E-state index in [4.69, 9.17) is 0 Å². The number of rotatable bonds is 3. The van der Waals surface area contributed by atoms with Crippen LogP contribution < -0.4 is 5.32 Å². The molecule has 0 aliphatic heterocycles. The van der Waals surface area contributed by atoms with Crippen LogP contribution in [0.4, 0.5) is 5.69 Å². The maximum absolute atomic E-state index is 12.2. The Kier molecular flexibility index (Phi) is 3.79. The summed E-state index contributed by atoms with van der Waals surface area (Å²) in [5.41, 5.74) is 2.82. The molecule has 0 saturated heterocycles. The van der Waals surface area contributed by atoms with Crippen molar-refractivity contribution in [1.29, 1.82) is 0 Å². The van der Waals surface area contributed by atoms with Crippen molar-refractivity contribution in [1.82, 2.24) is 9.97 Å². The van der Waals surface area contributed by atoms with Crippen molar-refractivity contribution in [2.45, 2.75) is 25.7 Å². The minimum absolute atomic E-state index is 0.152. The van der Waals surface area contributed by atoms with E-state index in [9.17, 15) is 4.79 Å². The smallest absolute Gasteiger partial charge is 0.227 e. The van der Waals surface area contributed by atoms with Crippen LogP contribution in [0.25, 0.3) is 20.9 Å². The molecule has 23 heavy (non-hydrogen) atoms. The fourth-order valence-corrected chi connectivity index (χ4v) is 3.93. The van der Waals surface area contributed by atoms with Crippen LogP contribution in [0.15, 0.2) is 42.6 Å². The molecule has 0 radical (unpaired) electrons. The minimum Gasteiger partial charge on any atom is -0.326 e. The van der Waals surface area contributed by atoms with Crippen molar-refractivity contribution in [3.8, 4) is 10.6 Å². The van der Waals surface area contributed by atoms with Gasteiger partial charge in [-0.2, -0.15) is 0 Å². The van der Waals surface area contributed by atoms with Gasteiger partial charge >= 0.3 is 0 Å². The third-order valence-corrected chi connectivity index (χ3v) is 5.32. The molecule has 1 aromatic carbocycles. The lowest BCUT2D eigenvalue weighted by Gasteiger charge is -2.10. The molecule has 2 aromatic heterocycles. The highest BCUT2D eigenvalue weighted by molar-refractivity contribution is 7.21. The van der Waals surface area contributed by atoms with Gasteiger partial charge in [0.1, 0.15) is 15.4 Å². The number of carbonyl (C=O) groups excluding carboxylic acids is 1. The number of nitrogens with one attached hydrogen (secondary N) is 1. The number of benzene rings is 1. The van der Waals surface area contributed by atoms with E-state index >= 15 is 0 Å². The molecule has 1 aliphatic rings. The maximum atomic E-state index is 12.2. The van der Waals surface area contributed by atoms with Crippen LogP contribution in [-0.4, -0.2) is 15.9 Å². The van der Waals surface area contributed by atoms with E-state index in [1.54, 1.807) is 17.5 Å². The number of carbonyl (C=O) groups is 1. The number of thiazole rings is 1. The molecule has 3 aromatic rings. The Bertz CT molecular complexity index is 802. The van der Waals surface area contributed by atoms with Crippen LogP contribution in [0.5, 0.6) is 0 Å². The van der Waals surface area contributed by atoms with E-state index in [1.165, 1.54) is 12.8 Å². The van der Waals surface area contributed by atoms with Crippen LogP contribution in [0.3, 0.4) is 0 Å². The predicted octanol–water partition coefficient (Wildman–Crippen LogP) is 4.49. The van der Waals surface area contributed by atoms with Crippen LogP contribution in [0.2, 0.25) is 0 Å². The number of pyridine rings is 1. The van der Waals surface area contributed by atoms with Crippen LogP contribution in [0, 0.1) is 5.92 Å². The molecule has 4 rings (SSSR count). The summed E-state index contributed by atoms with van der Waals surface area (Å²) in [6.45, 7) is 0. The van der Waals surface area contributed by atoms with Gasteiger partial charge in [-0.25, -0.2) is 9.97 Å². The SMILES string of the molecule is O=C(Nc1ccc(-c2nc3cccnc3s2)cc1)C1CCCC1. The minimum atomic E-state index is 0.152. The Labute approximate surface area is 138 Å². The Morgan fingerprint density at radius 3 is 2.65 bits per heavy atom. The van der Waals surface area contributed by atoms with Gasteiger partial charge in [-0.05, 0) is 49.2 Å². The largest absolute Gasteiger partial charge is 0.326 e. The highest BCUT2D eigenvalue weighted by Crippen LogP contribution is 2.30. The Morgan fingerprint density at radius 1 is 1.13 bits per heavy atom. The number of aromatic nitrogens is 2. The first-order valence-electron chi connectivity index (χ1n) is 7.92. The second kappa shape index (κ2) is 6.08. The fourth-order valence-electron chi connectivity index (χ4n) is 3.02. The quantitative estimate of drug-likeness (QED) is 0.773. The van der Waals surface area contributed by atoms with Gasteiger partial charge in [0, 0.05) is 23.4 Å². The zero-order valence-electron chi connectivity index (χ0n) is 12.7. The molecule has 4 nitrogen and oxygen atoms in total. The highest BCUT2D eigenvalue weighted by atomic mass is 32.1. The van der Waals surface area contributed by atoms with Gasteiger partial charge < -0.3 is 5.32 Å². The average Bonchev–Trinajstić information content (AvgIpc) is 3.25. The molecule has 0 bridgehead atoms. The standard InChI is InChI=1S/C18H17N3OS/c22-16(12-4-1-2-5-12)20-14-9-7-13(8-10-14)17-21-15-6-3-11-19-18(15)23-17/h3,6-12H,1-2,4-5H2,(H,20,22). The molecule has 2 heterocycles. The Balaban J connectivity index is 1.52. The third-order valence-electron chi connectivity index (χ3n) is 4.29. The predicted molar refractivity (Wildman–Crippen MR) is 93.4 cm³/mol. The van der Waals surface area contributed by atoms with Gasteiger partial charge in [0.15, 0.2) is 0 Å². The number of fused-ring (bicyclic) bond motifs is 1. The number of hydrogen-bond acceptors (Lipinski definition) is 4. The van der Waals surface area contributed by atoms with Gasteiger partial charge in [0.25, 0.3) is 0 Å². The first-order valence-corrected chi connectivity index (χ1v) is 8.74. The summed E-state index contributed by atoms with van der Waals surface area (Å²) in [6, 6.07) is 11.8. The summed E-state index contributed by atoms with van der Waals surface area (Å²) >= 11 is 1.58. The zero-order chi connectivity index (χ0) is 15.6. The summed E-state index contributed by atoms with van der Waals surface area (Å²) in [5, 5.41) is 3.97. The average molecular weight is 323 g/mol. The van der Waals surface area contributed by atoms with Gasteiger partial charge in [0.2, 0.25) is 5.91 Å². The molecular weight excluding hydrogens is 306 g/mol. The van der Waals surface area contributed by atoms with E-state index in [1.807, 2.05) is 36.4 Å². The zero-order valence-corrected chi connectivity index (χ0v) is 13.5. The lowest BCUT2D eigenvalue weighted by Crippen LogP contribution is -2.20. The second-order valence-electron chi connectivity index (χ2n) is 5.89. The van der Waals surface area contributed by atoms with E-state index in [0.717, 1.165) is 39.4 Å². The first-order chi connectivity index (χ1) is 11.3. The third kappa shape index (κ3) is 2.97. The molecule has 0 spiro atoms. The maximum Gasteiger partial charge on any atom is 0.227 e. The molecule has 1 fully saturated rings. The first kappa shape index (κ1) is 14.3. The van der Waals surface area contributed by atoms with Gasteiger partial charge in [-0.3, -0.25) is 4.79 Å². The summed E-state index contributed by atoms with van der Waals surface area (Å²) in [7, 11) is 0. The molecule has 1 amide bonds. The number of nitrogens with zero attached hydrogens (tertiary/aromatic N) is 2. The number of hydrogen-bond donors (Lipinski definition) is 1. The van der Waals surface area contributed by atoms with Crippen molar-refractivity contribution < 1.29 is 4.79 Å². The van der Waals surface area contributed by atoms with Crippen LogP contribution in [0.1, 0.15) is 25.7 Å². The molecule has 1 aliphatic carbocycles.